The summed E-state index contributed by atoms with van der Waals surface area (Å²) in [4.78, 5) is 16.6. The van der Waals surface area contributed by atoms with Crippen molar-refractivity contribution >= 4 is 39.9 Å². The lowest BCUT2D eigenvalue weighted by atomic mass is 10.1. The molecule has 30 heavy (non-hydrogen) atoms. The second-order valence-electron chi connectivity index (χ2n) is 6.80. The van der Waals surface area contributed by atoms with E-state index >= 15 is 0 Å². The molecule has 0 saturated carbocycles. The third kappa shape index (κ3) is 5.43. The Balaban J connectivity index is 1.73. The fourth-order valence-electron chi connectivity index (χ4n) is 2.66. The van der Waals surface area contributed by atoms with Gasteiger partial charge in [0.1, 0.15) is 5.82 Å². The van der Waals surface area contributed by atoms with Crippen molar-refractivity contribution in [3.05, 3.63) is 64.7 Å². The molecule has 8 heteroatoms. The van der Waals surface area contributed by atoms with Gasteiger partial charge in [-0.05, 0) is 62.4 Å². The molecule has 3 aromatic rings. The minimum absolute atomic E-state index is 0.132. The molecular weight excluding hydrogens is 415 g/mol. The molecule has 0 bridgehead atoms. The van der Waals surface area contributed by atoms with Crippen molar-refractivity contribution in [2.24, 2.45) is 0 Å². The van der Waals surface area contributed by atoms with Crippen LogP contribution in [0.5, 0.6) is 0 Å². The molecule has 154 valence electrons. The number of pyridine rings is 1. The van der Waals surface area contributed by atoms with Crippen molar-refractivity contribution in [2.75, 3.05) is 10.6 Å². The van der Waals surface area contributed by atoms with Crippen LogP contribution in [0.4, 0.5) is 24.7 Å². The maximum atomic E-state index is 12.7. The Morgan fingerprint density at radius 2 is 1.87 bits per heavy atom. The molecule has 0 unspecified atom stereocenters. The van der Waals surface area contributed by atoms with E-state index in [0.717, 1.165) is 34.9 Å². The molecule has 0 aliphatic heterocycles. The number of rotatable bonds is 3. The summed E-state index contributed by atoms with van der Waals surface area (Å²) in [5, 5.41) is 6.51. The number of amides is 1. The fraction of sp³-hybridized carbons (Fsp3) is 0.182. The minimum atomic E-state index is -4.50. The summed E-state index contributed by atoms with van der Waals surface area (Å²) >= 11 is 5.84. The molecule has 3 rings (SSSR count). The van der Waals surface area contributed by atoms with Crippen LogP contribution in [-0.4, -0.2) is 16.9 Å². The summed E-state index contributed by atoms with van der Waals surface area (Å²) in [5.74, 6) is 4.97. The molecule has 1 amide bonds. The number of alkyl halides is 3. The van der Waals surface area contributed by atoms with Crippen LogP contribution in [-0.2, 0) is 11.0 Å². The maximum absolute atomic E-state index is 12.7. The van der Waals surface area contributed by atoms with Gasteiger partial charge in [0.2, 0.25) is 0 Å². The number of carbonyl (C=O) groups excluding carboxylic acids is 1. The van der Waals surface area contributed by atoms with Crippen LogP contribution in [0, 0.1) is 11.8 Å². The summed E-state index contributed by atoms with van der Waals surface area (Å²) in [6.45, 7) is 4.03. The molecule has 0 spiro atoms. The number of halogens is 4. The Morgan fingerprint density at radius 1 is 1.10 bits per heavy atom. The Hall–Kier alpha value is -3.24. The highest BCUT2D eigenvalue weighted by Gasteiger charge is 2.30. The van der Waals surface area contributed by atoms with Crippen LogP contribution >= 0.6 is 11.6 Å². The molecule has 2 aromatic carbocycles. The smallest absolute Gasteiger partial charge is 0.368 e. The van der Waals surface area contributed by atoms with E-state index in [1.54, 1.807) is 18.2 Å². The number of benzene rings is 2. The van der Waals surface area contributed by atoms with E-state index in [9.17, 15) is 18.0 Å². The number of fused-ring (bicyclic) bond motifs is 1. The first kappa shape index (κ1) is 21.5. The quantitative estimate of drug-likeness (QED) is 0.522. The van der Waals surface area contributed by atoms with Gasteiger partial charge in [0, 0.05) is 28.6 Å². The van der Waals surface area contributed by atoms with Gasteiger partial charge in [-0.2, -0.15) is 13.2 Å². The van der Waals surface area contributed by atoms with Crippen molar-refractivity contribution in [3.8, 4) is 11.8 Å². The average Bonchev–Trinajstić information content (AvgIpc) is 2.66. The molecule has 0 atom stereocenters. The lowest BCUT2D eigenvalue weighted by Gasteiger charge is -2.10. The van der Waals surface area contributed by atoms with Gasteiger partial charge in [-0.3, -0.25) is 4.79 Å². The number of hydrogen-bond donors (Lipinski definition) is 2. The van der Waals surface area contributed by atoms with Crippen LogP contribution < -0.4 is 10.6 Å². The van der Waals surface area contributed by atoms with E-state index in [1.165, 1.54) is 0 Å². The van der Waals surface area contributed by atoms with Gasteiger partial charge in [-0.25, -0.2) is 4.98 Å². The normalized spacial score (nSPS) is 11.2. The predicted octanol–water partition coefficient (Wildman–Crippen LogP) is 5.72. The van der Waals surface area contributed by atoms with E-state index in [0.29, 0.717) is 5.69 Å². The largest absolute Gasteiger partial charge is 0.416 e. The molecule has 0 aliphatic carbocycles. The van der Waals surface area contributed by atoms with Gasteiger partial charge in [0.05, 0.1) is 16.1 Å². The fourth-order valence-corrected chi connectivity index (χ4v) is 2.89. The van der Waals surface area contributed by atoms with Crippen molar-refractivity contribution < 1.29 is 18.0 Å². The monoisotopic (exact) mass is 431 g/mol. The Kier molecular flexibility index (Phi) is 6.18. The van der Waals surface area contributed by atoms with Crippen molar-refractivity contribution in [1.29, 1.82) is 0 Å². The van der Waals surface area contributed by atoms with Gasteiger partial charge in [-0.1, -0.05) is 17.5 Å². The second-order valence-corrected chi connectivity index (χ2v) is 7.21. The summed E-state index contributed by atoms with van der Waals surface area (Å²) < 4.78 is 38.0. The third-order valence-corrected chi connectivity index (χ3v) is 4.30. The molecule has 0 aliphatic rings. The number of anilines is 2. The first-order valence-electron chi connectivity index (χ1n) is 8.99. The first-order valence-corrected chi connectivity index (χ1v) is 9.37. The molecule has 4 nitrogen and oxygen atoms in total. The topological polar surface area (TPSA) is 54.0 Å². The van der Waals surface area contributed by atoms with Crippen LogP contribution in [0.3, 0.4) is 0 Å². The standard InChI is InChI=1S/C22H17ClF3N3O/c1-13(2)27-20-9-4-15-11-17(7-8-19(15)29-20)28-21(30)10-5-14-3-6-16(12-18(14)23)22(24,25)26/h3-4,6-9,11-13H,1-2H3,(H,27,29)(H,28,30). The van der Waals surface area contributed by atoms with Crippen molar-refractivity contribution in [3.63, 3.8) is 0 Å². The van der Waals surface area contributed by atoms with E-state index in [1.807, 2.05) is 26.0 Å². The summed E-state index contributed by atoms with van der Waals surface area (Å²) in [7, 11) is 0. The summed E-state index contributed by atoms with van der Waals surface area (Å²) in [5.41, 5.74) is 0.541. The van der Waals surface area contributed by atoms with Gasteiger partial charge in [0.15, 0.2) is 0 Å². The molecule has 2 N–H and O–H groups in total. The number of nitrogens with one attached hydrogen (secondary N) is 2. The predicted molar refractivity (Wildman–Crippen MR) is 112 cm³/mol. The van der Waals surface area contributed by atoms with Gasteiger partial charge in [-0.15, -0.1) is 0 Å². The molecule has 1 heterocycles. The zero-order chi connectivity index (χ0) is 21.9. The summed E-state index contributed by atoms with van der Waals surface area (Å²) in [6, 6.07) is 12.0. The van der Waals surface area contributed by atoms with E-state index in [2.05, 4.69) is 27.5 Å². The maximum Gasteiger partial charge on any atom is 0.416 e. The molecule has 0 fully saturated rings. The highest BCUT2D eigenvalue weighted by Crippen LogP contribution is 2.31. The number of hydrogen-bond acceptors (Lipinski definition) is 3. The number of carbonyl (C=O) groups is 1. The SMILES string of the molecule is CC(C)Nc1ccc2cc(NC(=O)C#Cc3ccc(C(F)(F)F)cc3Cl)ccc2n1. The van der Waals surface area contributed by atoms with Crippen molar-refractivity contribution in [2.45, 2.75) is 26.1 Å². The summed E-state index contributed by atoms with van der Waals surface area (Å²) in [6.07, 6.45) is -4.50. The minimum Gasteiger partial charge on any atom is -0.368 e. The number of nitrogens with zero attached hydrogens (tertiary/aromatic N) is 1. The first-order chi connectivity index (χ1) is 14.1. The zero-order valence-electron chi connectivity index (χ0n) is 16.1. The van der Waals surface area contributed by atoms with Crippen LogP contribution in [0.1, 0.15) is 25.0 Å². The molecule has 1 aromatic heterocycles. The molecular formula is C22H17ClF3N3O. The van der Waals surface area contributed by atoms with Crippen LogP contribution in [0.25, 0.3) is 10.9 Å². The van der Waals surface area contributed by atoms with E-state index in [-0.39, 0.29) is 16.6 Å². The molecule has 0 radical (unpaired) electrons. The van der Waals surface area contributed by atoms with Crippen LogP contribution in [0.2, 0.25) is 5.02 Å². The average molecular weight is 432 g/mol. The van der Waals surface area contributed by atoms with Gasteiger partial charge in [0.25, 0.3) is 0 Å². The lowest BCUT2D eigenvalue weighted by Crippen LogP contribution is -2.11. The lowest BCUT2D eigenvalue weighted by molar-refractivity contribution is -0.137. The Morgan fingerprint density at radius 3 is 2.53 bits per heavy atom. The highest BCUT2D eigenvalue weighted by molar-refractivity contribution is 6.31. The van der Waals surface area contributed by atoms with Gasteiger partial charge >= 0.3 is 12.1 Å². The Labute approximate surface area is 176 Å². The highest BCUT2D eigenvalue weighted by atomic mass is 35.5. The molecule has 0 saturated heterocycles. The van der Waals surface area contributed by atoms with Crippen LogP contribution in [0.15, 0.2) is 48.5 Å². The number of aromatic nitrogens is 1. The van der Waals surface area contributed by atoms with Gasteiger partial charge < -0.3 is 10.6 Å². The van der Waals surface area contributed by atoms with E-state index in [4.69, 9.17) is 11.6 Å². The van der Waals surface area contributed by atoms with E-state index < -0.39 is 17.6 Å². The van der Waals surface area contributed by atoms with Crippen molar-refractivity contribution in [1.82, 2.24) is 4.98 Å². The Bertz CT molecular complexity index is 1160. The second kappa shape index (κ2) is 8.64. The zero-order valence-corrected chi connectivity index (χ0v) is 16.8. The third-order valence-electron chi connectivity index (χ3n) is 3.99.